The number of piperazine rings is 1. The minimum atomic E-state index is 0.381. The Balaban J connectivity index is 1.82. The third-order valence-corrected chi connectivity index (χ3v) is 5.41. The van der Waals surface area contributed by atoms with Crippen LogP contribution < -0.4 is 10.1 Å². The Hall–Kier alpha value is -1.06. The number of rotatable bonds is 4. The van der Waals surface area contributed by atoms with Gasteiger partial charge in [0.15, 0.2) is 0 Å². The Morgan fingerprint density at radius 2 is 2.05 bits per heavy atom. The Morgan fingerprint density at radius 3 is 2.76 bits per heavy atom. The van der Waals surface area contributed by atoms with E-state index in [9.17, 15) is 0 Å². The van der Waals surface area contributed by atoms with Crippen LogP contribution in [0, 0.1) is 0 Å². The summed E-state index contributed by atoms with van der Waals surface area (Å²) >= 11 is 0. The van der Waals surface area contributed by atoms with Crippen molar-refractivity contribution >= 4 is 0 Å². The summed E-state index contributed by atoms with van der Waals surface area (Å²) < 4.78 is 5.55. The van der Waals surface area contributed by atoms with Gasteiger partial charge in [0.25, 0.3) is 0 Å². The van der Waals surface area contributed by atoms with E-state index in [4.69, 9.17) is 4.74 Å². The van der Waals surface area contributed by atoms with Crippen molar-refractivity contribution in [1.29, 1.82) is 0 Å². The molecule has 3 rings (SSSR count). The first-order valence-electron chi connectivity index (χ1n) is 8.38. The first-order valence-corrected chi connectivity index (χ1v) is 8.38. The van der Waals surface area contributed by atoms with Gasteiger partial charge < -0.3 is 10.1 Å². The van der Waals surface area contributed by atoms with E-state index in [-0.39, 0.29) is 0 Å². The second-order valence-corrected chi connectivity index (χ2v) is 6.61. The van der Waals surface area contributed by atoms with Gasteiger partial charge in [0.2, 0.25) is 0 Å². The molecule has 116 valence electrons. The van der Waals surface area contributed by atoms with E-state index in [1.807, 2.05) is 0 Å². The molecular weight excluding hydrogens is 260 g/mol. The van der Waals surface area contributed by atoms with Gasteiger partial charge in [0.1, 0.15) is 5.75 Å². The van der Waals surface area contributed by atoms with E-state index >= 15 is 0 Å². The molecular formula is C18H28N2O. The summed E-state index contributed by atoms with van der Waals surface area (Å²) in [7, 11) is 1.77. The molecule has 1 N–H and O–H groups in total. The van der Waals surface area contributed by atoms with Crippen molar-refractivity contribution in [2.45, 2.75) is 57.2 Å². The monoisotopic (exact) mass is 288 g/mol. The maximum absolute atomic E-state index is 5.55. The number of hydrogen-bond donors (Lipinski definition) is 1. The maximum Gasteiger partial charge on any atom is 0.123 e. The molecule has 1 aliphatic heterocycles. The van der Waals surface area contributed by atoms with Crippen LogP contribution in [0.15, 0.2) is 24.3 Å². The van der Waals surface area contributed by atoms with Gasteiger partial charge in [-0.15, -0.1) is 0 Å². The highest BCUT2D eigenvalue weighted by Crippen LogP contribution is 2.38. The van der Waals surface area contributed by atoms with Crippen molar-refractivity contribution in [3.63, 3.8) is 0 Å². The minimum Gasteiger partial charge on any atom is -0.496 e. The number of methoxy groups -OCH3 is 1. The summed E-state index contributed by atoms with van der Waals surface area (Å²) in [4.78, 5) is 2.74. The van der Waals surface area contributed by atoms with Crippen LogP contribution >= 0.6 is 0 Å². The molecule has 1 aromatic carbocycles. The Labute approximate surface area is 128 Å². The molecule has 2 fully saturated rings. The number of para-hydroxylation sites is 1. The maximum atomic E-state index is 5.55. The Bertz CT molecular complexity index is 468. The molecule has 1 spiro atoms. The largest absolute Gasteiger partial charge is 0.496 e. The molecule has 1 aliphatic carbocycles. The summed E-state index contributed by atoms with van der Waals surface area (Å²) in [6.07, 6.45) is 6.64. The predicted octanol–water partition coefficient (Wildman–Crippen LogP) is 3.19. The molecule has 0 bridgehead atoms. The van der Waals surface area contributed by atoms with Crippen molar-refractivity contribution in [3.05, 3.63) is 29.8 Å². The molecule has 1 saturated heterocycles. The molecule has 2 aliphatic rings. The quantitative estimate of drug-likeness (QED) is 0.921. The lowest BCUT2D eigenvalue weighted by molar-refractivity contribution is 0.0343. The van der Waals surface area contributed by atoms with Gasteiger partial charge >= 0.3 is 0 Å². The summed E-state index contributed by atoms with van der Waals surface area (Å²) in [6, 6.07) is 9.10. The van der Waals surface area contributed by atoms with E-state index in [1.54, 1.807) is 7.11 Å². The SMILES string of the molecule is CCC1CN(Cc2ccccc2OC)C2(CCCC2)CN1. The predicted molar refractivity (Wildman–Crippen MR) is 86.7 cm³/mol. The van der Waals surface area contributed by atoms with Crippen LogP contribution in [-0.2, 0) is 6.54 Å². The standard InChI is InChI=1S/C18H28N2O/c1-3-16-13-20(18(14-19-16)10-6-7-11-18)12-15-8-4-5-9-17(15)21-2/h4-5,8-9,16,19H,3,6-7,10-14H2,1-2H3. The Morgan fingerprint density at radius 1 is 1.29 bits per heavy atom. The molecule has 1 unspecified atom stereocenters. The van der Waals surface area contributed by atoms with Crippen LogP contribution in [0.1, 0.15) is 44.6 Å². The van der Waals surface area contributed by atoms with Crippen molar-refractivity contribution in [3.8, 4) is 5.75 Å². The Kier molecular flexibility index (Phi) is 4.51. The average molecular weight is 288 g/mol. The van der Waals surface area contributed by atoms with Crippen LogP contribution in [-0.4, -0.2) is 36.7 Å². The first kappa shape index (κ1) is 14.9. The summed E-state index contributed by atoms with van der Waals surface area (Å²) in [6.45, 7) is 5.61. The lowest BCUT2D eigenvalue weighted by atomic mass is 9.89. The molecule has 21 heavy (non-hydrogen) atoms. The molecule has 0 amide bonds. The smallest absolute Gasteiger partial charge is 0.123 e. The highest BCUT2D eigenvalue weighted by Gasteiger charge is 2.43. The van der Waals surface area contributed by atoms with Gasteiger partial charge in [0.05, 0.1) is 7.11 Å². The summed E-state index contributed by atoms with van der Waals surface area (Å²) in [5.41, 5.74) is 1.70. The third-order valence-electron chi connectivity index (χ3n) is 5.41. The van der Waals surface area contributed by atoms with Crippen LogP contribution in [0.25, 0.3) is 0 Å². The summed E-state index contributed by atoms with van der Waals surface area (Å²) in [5.74, 6) is 1.03. The molecule has 1 atom stereocenters. The van der Waals surface area contributed by atoms with Gasteiger partial charge in [-0.2, -0.15) is 0 Å². The van der Waals surface area contributed by atoms with Crippen LogP contribution in [0.5, 0.6) is 5.75 Å². The molecule has 3 heteroatoms. The molecule has 1 aromatic rings. The number of benzene rings is 1. The fraction of sp³-hybridized carbons (Fsp3) is 0.667. The number of nitrogens with one attached hydrogen (secondary N) is 1. The first-order chi connectivity index (χ1) is 10.3. The van der Waals surface area contributed by atoms with Gasteiger partial charge in [-0.1, -0.05) is 38.0 Å². The lowest BCUT2D eigenvalue weighted by Crippen LogP contribution is -2.62. The van der Waals surface area contributed by atoms with E-state index in [2.05, 4.69) is 41.4 Å². The molecule has 3 nitrogen and oxygen atoms in total. The van der Waals surface area contributed by atoms with Crippen LogP contribution in [0.4, 0.5) is 0 Å². The molecule has 1 heterocycles. The van der Waals surface area contributed by atoms with Crippen molar-refractivity contribution in [1.82, 2.24) is 10.2 Å². The van der Waals surface area contributed by atoms with Crippen molar-refractivity contribution in [2.24, 2.45) is 0 Å². The van der Waals surface area contributed by atoms with Crippen LogP contribution in [0.3, 0.4) is 0 Å². The zero-order chi connectivity index (χ0) is 14.7. The molecule has 1 saturated carbocycles. The summed E-state index contributed by atoms with van der Waals surface area (Å²) in [5, 5.41) is 3.77. The van der Waals surface area contributed by atoms with E-state index in [0.29, 0.717) is 11.6 Å². The molecule has 0 radical (unpaired) electrons. The van der Waals surface area contributed by atoms with Gasteiger partial charge in [-0.3, -0.25) is 4.90 Å². The fourth-order valence-corrected chi connectivity index (χ4v) is 4.04. The third kappa shape index (κ3) is 2.95. The average Bonchev–Trinajstić information content (AvgIpc) is 2.99. The second-order valence-electron chi connectivity index (χ2n) is 6.61. The highest BCUT2D eigenvalue weighted by molar-refractivity contribution is 5.33. The zero-order valence-corrected chi connectivity index (χ0v) is 13.4. The van der Waals surface area contributed by atoms with Gasteiger partial charge in [0, 0.05) is 36.8 Å². The fourth-order valence-electron chi connectivity index (χ4n) is 4.04. The highest BCUT2D eigenvalue weighted by atomic mass is 16.5. The number of nitrogens with zero attached hydrogens (tertiary/aromatic N) is 1. The number of ether oxygens (including phenoxy) is 1. The number of hydrogen-bond acceptors (Lipinski definition) is 3. The molecule has 0 aromatic heterocycles. The van der Waals surface area contributed by atoms with Crippen LogP contribution in [0.2, 0.25) is 0 Å². The van der Waals surface area contributed by atoms with E-state index in [1.165, 1.54) is 37.7 Å². The lowest BCUT2D eigenvalue weighted by Gasteiger charge is -2.48. The normalized spacial score (nSPS) is 25.3. The van der Waals surface area contributed by atoms with Gasteiger partial charge in [-0.25, -0.2) is 0 Å². The topological polar surface area (TPSA) is 24.5 Å². The van der Waals surface area contributed by atoms with E-state index < -0.39 is 0 Å². The van der Waals surface area contributed by atoms with Crippen molar-refractivity contribution in [2.75, 3.05) is 20.2 Å². The van der Waals surface area contributed by atoms with Crippen molar-refractivity contribution < 1.29 is 4.74 Å². The van der Waals surface area contributed by atoms with E-state index in [0.717, 1.165) is 25.4 Å². The van der Waals surface area contributed by atoms with Gasteiger partial charge in [-0.05, 0) is 25.3 Å². The second kappa shape index (κ2) is 6.37. The zero-order valence-electron chi connectivity index (χ0n) is 13.4. The minimum absolute atomic E-state index is 0.381.